The summed E-state index contributed by atoms with van der Waals surface area (Å²) in [4.78, 5) is 27.7. The van der Waals surface area contributed by atoms with E-state index < -0.39 is 5.91 Å². The lowest BCUT2D eigenvalue weighted by atomic mass is 10.1. The summed E-state index contributed by atoms with van der Waals surface area (Å²) in [6.07, 6.45) is 1.70. The number of benzene rings is 2. The monoisotopic (exact) mass is 384 g/mol. The van der Waals surface area contributed by atoms with Crippen molar-refractivity contribution in [3.63, 3.8) is 0 Å². The van der Waals surface area contributed by atoms with Gasteiger partial charge in [-0.3, -0.25) is 19.8 Å². The molecule has 0 aliphatic rings. The van der Waals surface area contributed by atoms with E-state index in [2.05, 4.69) is 15.6 Å². The number of pyridine rings is 1. The third kappa shape index (κ3) is 4.52. The molecule has 0 fully saturated rings. The zero-order valence-corrected chi connectivity index (χ0v) is 15.0. The van der Waals surface area contributed by atoms with Crippen LogP contribution in [0.4, 0.5) is 5.69 Å². The van der Waals surface area contributed by atoms with Crippen LogP contribution >= 0.6 is 11.6 Å². The first-order chi connectivity index (χ1) is 13.1. The summed E-state index contributed by atoms with van der Waals surface area (Å²) in [5.74, 6) is -0.879. The van der Waals surface area contributed by atoms with Crippen LogP contribution in [0.3, 0.4) is 0 Å². The van der Waals surface area contributed by atoms with Crippen molar-refractivity contribution in [1.82, 2.24) is 15.8 Å². The highest BCUT2D eigenvalue weighted by Crippen LogP contribution is 2.24. The Hall–Kier alpha value is -3.16. The minimum atomic E-state index is -0.628. The average Bonchev–Trinajstić information content (AvgIpc) is 2.70. The predicted molar refractivity (Wildman–Crippen MR) is 103 cm³/mol. The maximum atomic E-state index is 12.1. The fourth-order valence-corrected chi connectivity index (χ4v) is 2.75. The molecule has 0 aliphatic carbocycles. The molecule has 27 heavy (non-hydrogen) atoms. The minimum absolute atomic E-state index is 0.251. The number of fused-ring (bicyclic) bond motifs is 1. The first kappa shape index (κ1) is 18.6. The van der Waals surface area contributed by atoms with Gasteiger partial charge in [-0.1, -0.05) is 11.6 Å². The van der Waals surface area contributed by atoms with E-state index >= 15 is 0 Å². The zero-order chi connectivity index (χ0) is 19.2. The van der Waals surface area contributed by atoms with Gasteiger partial charge in [0.15, 0.2) is 0 Å². The Bertz CT molecular complexity index is 976. The van der Waals surface area contributed by atoms with Crippen molar-refractivity contribution in [2.24, 2.45) is 0 Å². The molecule has 0 spiro atoms. The predicted octanol–water partition coefficient (Wildman–Crippen LogP) is 2.85. The highest BCUT2D eigenvalue weighted by atomic mass is 35.5. The minimum Gasteiger partial charge on any atom is -0.383 e. The van der Waals surface area contributed by atoms with E-state index in [1.165, 1.54) is 24.3 Å². The van der Waals surface area contributed by atoms with Gasteiger partial charge in [-0.15, -0.1) is 0 Å². The molecule has 1 heterocycles. The summed E-state index contributed by atoms with van der Waals surface area (Å²) in [5, 5.41) is 16.2. The molecule has 0 radical (unpaired) electrons. The molecule has 4 N–H and O–H groups in total. The molecule has 2 aromatic carbocycles. The van der Waals surface area contributed by atoms with Gasteiger partial charge in [0.25, 0.3) is 11.8 Å². The Labute approximate surface area is 160 Å². The average molecular weight is 385 g/mol. The van der Waals surface area contributed by atoms with E-state index in [1.54, 1.807) is 23.8 Å². The molecule has 0 atom stereocenters. The molecule has 3 rings (SSSR count). The highest BCUT2D eigenvalue weighted by molar-refractivity contribution is 6.31. The number of rotatable bonds is 6. The molecule has 3 aromatic rings. The van der Waals surface area contributed by atoms with Crippen molar-refractivity contribution in [2.45, 2.75) is 0 Å². The van der Waals surface area contributed by atoms with Crippen LogP contribution in [0, 0.1) is 0 Å². The van der Waals surface area contributed by atoms with Crippen molar-refractivity contribution in [3.05, 3.63) is 70.9 Å². The van der Waals surface area contributed by atoms with E-state index in [1.807, 2.05) is 12.1 Å². The lowest BCUT2D eigenvalue weighted by Gasteiger charge is -2.10. The van der Waals surface area contributed by atoms with Gasteiger partial charge >= 0.3 is 0 Å². The Morgan fingerprint density at radius 3 is 2.37 bits per heavy atom. The van der Waals surface area contributed by atoms with Crippen LogP contribution in [-0.4, -0.2) is 35.1 Å². The summed E-state index contributed by atoms with van der Waals surface area (Å²) in [6, 6.07) is 13.3. The van der Waals surface area contributed by atoms with Crippen LogP contribution in [0.2, 0.25) is 5.02 Å². The van der Waals surface area contributed by atoms with Crippen LogP contribution in [0.1, 0.15) is 20.7 Å². The fraction of sp³-hybridized carbons (Fsp3) is 0.105. The second-order valence-corrected chi connectivity index (χ2v) is 6.16. The fourth-order valence-electron chi connectivity index (χ4n) is 2.59. The maximum Gasteiger partial charge on any atom is 0.274 e. The number of carbonyl (C=O) groups is 2. The van der Waals surface area contributed by atoms with Crippen LogP contribution in [0.15, 0.2) is 54.7 Å². The lowest BCUT2D eigenvalue weighted by molar-refractivity contribution is 0.0706. The van der Waals surface area contributed by atoms with Gasteiger partial charge in [0.1, 0.15) is 0 Å². The molecular formula is C19H17ClN4O3. The molecular weight excluding hydrogens is 368 g/mol. The molecule has 0 unspecified atom stereocenters. The zero-order valence-electron chi connectivity index (χ0n) is 14.2. The summed E-state index contributed by atoms with van der Waals surface area (Å²) < 4.78 is 0. The van der Waals surface area contributed by atoms with Crippen LogP contribution < -0.4 is 16.1 Å². The van der Waals surface area contributed by atoms with E-state index in [0.29, 0.717) is 23.7 Å². The summed E-state index contributed by atoms with van der Waals surface area (Å²) in [7, 11) is 0. The van der Waals surface area contributed by atoms with Crippen molar-refractivity contribution < 1.29 is 14.8 Å². The van der Waals surface area contributed by atoms with E-state index in [4.69, 9.17) is 16.8 Å². The smallest absolute Gasteiger partial charge is 0.274 e. The topological polar surface area (TPSA) is 103 Å². The van der Waals surface area contributed by atoms with E-state index in [-0.39, 0.29) is 11.5 Å². The number of hydrogen-bond acceptors (Lipinski definition) is 5. The summed E-state index contributed by atoms with van der Waals surface area (Å²) >= 11 is 5.98. The Kier molecular flexibility index (Phi) is 5.85. The molecule has 0 saturated carbocycles. The molecule has 0 bridgehead atoms. The highest BCUT2D eigenvalue weighted by Gasteiger charge is 2.08. The van der Waals surface area contributed by atoms with Gasteiger partial charge in [0.2, 0.25) is 0 Å². The quantitative estimate of drug-likeness (QED) is 0.297. The Morgan fingerprint density at radius 1 is 0.963 bits per heavy atom. The molecule has 138 valence electrons. The molecule has 7 nitrogen and oxygen atoms in total. The van der Waals surface area contributed by atoms with Crippen LogP contribution in [0.25, 0.3) is 10.9 Å². The number of hydroxylamine groups is 1. The molecule has 1 aromatic heterocycles. The first-order valence-electron chi connectivity index (χ1n) is 8.19. The Morgan fingerprint density at radius 2 is 1.67 bits per heavy atom. The second kappa shape index (κ2) is 8.48. The van der Waals surface area contributed by atoms with Crippen molar-refractivity contribution in [1.29, 1.82) is 0 Å². The molecule has 0 saturated heterocycles. The largest absolute Gasteiger partial charge is 0.383 e. The van der Waals surface area contributed by atoms with E-state index in [0.717, 1.165) is 16.6 Å². The number of aromatic nitrogens is 1. The summed E-state index contributed by atoms with van der Waals surface area (Å²) in [6.45, 7) is 0.938. The lowest BCUT2D eigenvalue weighted by Crippen LogP contribution is -2.28. The maximum absolute atomic E-state index is 12.1. The number of hydrogen-bond donors (Lipinski definition) is 4. The second-order valence-electron chi connectivity index (χ2n) is 5.72. The molecule has 2 amide bonds. The third-order valence-electron chi connectivity index (χ3n) is 3.94. The number of amides is 2. The number of nitrogens with zero attached hydrogens (tertiary/aromatic N) is 1. The number of halogens is 1. The van der Waals surface area contributed by atoms with Gasteiger partial charge in [0.05, 0.1) is 5.52 Å². The number of carbonyl (C=O) groups excluding carboxylic acids is 2. The van der Waals surface area contributed by atoms with Crippen molar-refractivity contribution in [3.8, 4) is 0 Å². The number of anilines is 1. The van der Waals surface area contributed by atoms with Crippen LogP contribution in [0.5, 0.6) is 0 Å². The summed E-state index contributed by atoms with van der Waals surface area (Å²) in [5.41, 5.74) is 3.93. The van der Waals surface area contributed by atoms with Gasteiger partial charge in [0, 0.05) is 46.5 Å². The standard InChI is InChI=1S/C19H17ClN4O3/c20-14-5-6-15-16(7-8-21-17(15)11-14)22-9-10-23-18(25)12-1-3-13(4-2-12)19(26)24-27/h1-8,11,27H,9-10H2,(H,21,22)(H,23,25)(H,24,26). The first-order valence-corrected chi connectivity index (χ1v) is 8.57. The van der Waals surface area contributed by atoms with Crippen molar-refractivity contribution in [2.75, 3.05) is 18.4 Å². The third-order valence-corrected chi connectivity index (χ3v) is 4.18. The van der Waals surface area contributed by atoms with Crippen molar-refractivity contribution >= 4 is 40.0 Å². The Balaban J connectivity index is 1.54. The van der Waals surface area contributed by atoms with Crippen LogP contribution in [-0.2, 0) is 0 Å². The van der Waals surface area contributed by atoms with Gasteiger partial charge < -0.3 is 10.6 Å². The van der Waals surface area contributed by atoms with Gasteiger partial charge in [-0.25, -0.2) is 5.48 Å². The van der Waals surface area contributed by atoms with E-state index in [9.17, 15) is 9.59 Å². The number of nitrogens with one attached hydrogen (secondary N) is 3. The molecule has 0 aliphatic heterocycles. The van der Waals surface area contributed by atoms with Gasteiger partial charge in [-0.05, 0) is 48.5 Å². The normalized spacial score (nSPS) is 10.4. The molecule has 8 heteroatoms. The van der Waals surface area contributed by atoms with Gasteiger partial charge in [-0.2, -0.15) is 0 Å². The SMILES string of the molecule is O=C(NO)c1ccc(C(=O)NCCNc2ccnc3cc(Cl)ccc23)cc1.